The molecule has 0 fully saturated rings. The van der Waals surface area contributed by atoms with Crippen molar-refractivity contribution >= 4 is 51.0 Å². The van der Waals surface area contributed by atoms with Crippen LogP contribution in [0, 0.1) is 0 Å². The van der Waals surface area contributed by atoms with E-state index < -0.39 is 0 Å². The monoisotopic (exact) mass is 718 g/mol. The molecule has 6 aromatic carbocycles. The van der Waals surface area contributed by atoms with Crippen molar-refractivity contribution in [2.24, 2.45) is 0 Å². The summed E-state index contributed by atoms with van der Waals surface area (Å²) >= 11 is 0. The van der Waals surface area contributed by atoms with Gasteiger partial charge < -0.3 is 9.38 Å². The van der Waals surface area contributed by atoms with Crippen LogP contribution in [0.15, 0.2) is 115 Å². The largest absolute Gasteiger partial charge is 0.376 e. The summed E-state index contributed by atoms with van der Waals surface area (Å²) in [6.07, 6.45) is 0. The summed E-state index contributed by atoms with van der Waals surface area (Å²) in [7, 11) is 0. The SMILES string of the molecule is CC(C)(C)c1ccc(N2B3c4c(cc(-c5ccccc5)cc4-n4c5ccc(C(C)(C)C)cc5c5cc(C(C)(C)C)cc3c54)-c3cc(C(C)(C)C)ccc32)cc1. The predicted octanol–water partition coefficient (Wildman–Crippen LogP) is 12.9. The van der Waals surface area contributed by atoms with Gasteiger partial charge in [-0.3, -0.25) is 0 Å². The lowest BCUT2D eigenvalue weighted by Crippen LogP contribution is -2.60. The molecule has 55 heavy (non-hydrogen) atoms. The molecule has 3 heteroatoms. The van der Waals surface area contributed by atoms with Crippen molar-refractivity contribution in [2.45, 2.75) is 105 Å². The third kappa shape index (κ3) is 5.60. The van der Waals surface area contributed by atoms with Gasteiger partial charge >= 0.3 is 6.85 Å². The van der Waals surface area contributed by atoms with Crippen molar-refractivity contribution in [3.63, 3.8) is 0 Å². The fourth-order valence-electron chi connectivity index (χ4n) is 9.07. The van der Waals surface area contributed by atoms with Gasteiger partial charge in [-0.2, -0.15) is 0 Å². The van der Waals surface area contributed by atoms with Gasteiger partial charge in [0, 0.05) is 33.4 Å². The predicted molar refractivity (Wildman–Crippen MR) is 240 cm³/mol. The molecule has 9 rings (SSSR count). The van der Waals surface area contributed by atoms with Gasteiger partial charge in [0.2, 0.25) is 0 Å². The van der Waals surface area contributed by atoms with Gasteiger partial charge in [-0.1, -0.05) is 144 Å². The van der Waals surface area contributed by atoms with Crippen molar-refractivity contribution in [1.29, 1.82) is 0 Å². The Labute approximate surface area is 329 Å². The zero-order chi connectivity index (χ0) is 39.0. The quantitative estimate of drug-likeness (QED) is 0.162. The Balaban J connectivity index is 1.47. The van der Waals surface area contributed by atoms with E-state index in [9.17, 15) is 0 Å². The average molecular weight is 719 g/mol. The van der Waals surface area contributed by atoms with Crippen molar-refractivity contribution in [2.75, 3.05) is 4.81 Å². The maximum absolute atomic E-state index is 2.67. The molecule has 276 valence electrons. The van der Waals surface area contributed by atoms with Gasteiger partial charge in [-0.25, -0.2) is 0 Å². The summed E-state index contributed by atoms with van der Waals surface area (Å²) in [5.41, 5.74) is 19.8. The van der Waals surface area contributed by atoms with E-state index in [1.807, 2.05) is 0 Å². The van der Waals surface area contributed by atoms with E-state index in [4.69, 9.17) is 0 Å². The number of aromatic nitrogens is 1. The molecular weight excluding hydrogens is 663 g/mol. The van der Waals surface area contributed by atoms with E-state index in [0.29, 0.717) is 0 Å². The van der Waals surface area contributed by atoms with Gasteiger partial charge in [0.05, 0.1) is 11.0 Å². The van der Waals surface area contributed by atoms with Gasteiger partial charge in [0.25, 0.3) is 0 Å². The second-order valence-electron chi connectivity index (χ2n) is 20.4. The van der Waals surface area contributed by atoms with E-state index >= 15 is 0 Å². The highest BCUT2D eigenvalue weighted by atomic mass is 15.1. The summed E-state index contributed by atoms with van der Waals surface area (Å²) in [4.78, 5) is 2.67. The maximum atomic E-state index is 2.67. The Bertz CT molecular complexity index is 2670. The molecule has 7 aromatic rings. The van der Waals surface area contributed by atoms with Crippen LogP contribution in [0.2, 0.25) is 0 Å². The average Bonchev–Trinajstić information content (AvgIpc) is 3.46. The van der Waals surface area contributed by atoms with E-state index in [2.05, 4.69) is 208 Å². The third-order valence-corrected chi connectivity index (χ3v) is 12.4. The first kappa shape index (κ1) is 35.7. The van der Waals surface area contributed by atoms with Crippen LogP contribution in [0.1, 0.15) is 105 Å². The Kier molecular flexibility index (Phi) is 7.62. The second-order valence-corrected chi connectivity index (χ2v) is 20.4. The van der Waals surface area contributed by atoms with Crippen LogP contribution in [0.25, 0.3) is 49.7 Å². The van der Waals surface area contributed by atoms with Crippen molar-refractivity contribution in [3.05, 3.63) is 138 Å². The first-order valence-electron chi connectivity index (χ1n) is 20.2. The summed E-state index contributed by atoms with van der Waals surface area (Å²) < 4.78 is 2.63. The van der Waals surface area contributed by atoms with E-state index in [-0.39, 0.29) is 28.5 Å². The van der Waals surface area contributed by atoms with Gasteiger partial charge in [-0.05, 0) is 126 Å². The van der Waals surface area contributed by atoms with Crippen LogP contribution < -0.4 is 15.7 Å². The van der Waals surface area contributed by atoms with Crippen molar-refractivity contribution in [3.8, 4) is 27.9 Å². The van der Waals surface area contributed by atoms with Crippen molar-refractivity contribution in [1.82, 2.24) is 4.57 Å². The fourth-order valence-corrected chi connectivity index (χ4v) is 9.07. The molecule has 1 aromatic heterocycles. The highest BCUT2D eigenvalue weighted by Gasteiger charge is 2.45. The third-order valence-electron chi connectivity index (χ3n) is 12.4. The molecule has 0 radical (unpaired) electrons. The lowest BCUT2D eigenvalue weighted by molar-refractivity contribution is 0.590. The Morgan fingerprint density at radius 1 is 0.436 bits per heavy atom. The molecule has 0 atom stereocenters. The van der Waals surface area contributed by atoms with Crippen LogP contribution in [-0.4, -0.2) is 11.4 Å². The highest BCUT2D eigenvalue weighted by molar-refractivity contribution is 6.93. The molecule has 0 bridgehead atoms. The van der Waals surface area contributed by atoms with Gasteiger partial charge in [0.15, 0.2) is 0 Å². The van der Waals surface area contributed by atoms with E-state index in [1.165, 1.54) is 94.3 Å². The molecule has 2 aliphatic rings. The molecular formula is C52H55BN2. The zero-order valence-corrected chi connectivity index (χ0v) is 34.9. The summed E-state index contributed by atoms with van der Waals surface area (Å²) in [6, 6.07) is 45.0. The molecule has 0 spiro atoms. The van der Waals surface area contributed by atoms with Crippen LogP contribution in [-0.2, 0) is 21.7 Å². The minimum absolute atomic E-state index is 0.00390. The number of rotatable bonds is 2. The zero-order valence-electron chi connectivity index (χ0n) is 34.9. The maximum Gasteiger partial charge on any atom is 0.333 e. The van der Waals surface area contributed by atoms with Crippen LogP contribution >= 0.6 is 0 Å². The second kappa shape index (κ2) is 11.7. The van der Waals surface area contributed by atoms with Crippen LogP contribution in [0.5, 0.6) is 0 Å². The standard InChI is InChI=1S/C52H55BN2/c1-49(2,3)34-18-22-38(23-19-34)55-45-25-21-36(51(7,8)9)28-39(45)41-26-33(32-16-14-13-15-17-32)27-46-47(41)53(55)43-31-37(52(10,11)12)30-42-40-29-35(50(4,5)6)20-24-44(40)54(46)48(42)43/h13-31H,1-12H3. The highest BCUT2D eigenvalue weighted by Crippen LogP contribution is 2.48. The molecule has 0 aliphatic carbocycles. The lowest BCUT2D eigenvalue weighted by atomic mass is 9.43. The first-order valence-corrected chi connectivity index (χ1v) is 20.2. The van der Waals surface area contributed by atoms with Crippen molar-refractivity contribution < 1.29 is 0 Å². The first-order chi connectivity index (χ1) is 25.8. The minimum atomic E-state index is -0.0333. The van der Waals surface area contributed by atoms with E-state index in [0.717, 1.165) is 0 Å². The summed E-state index contributed by atoms with van der Waals surface area (Å²) in [6.45, 7) is 28.0. The molecule has 3 heterocycles. The normalized spacial score (nSPS) is 14.1. The Morgan fingerprint density at radius 2 is 1.02 bits per heavy atom. The Morgan fingerprint density at radius 3 is 1.65 bits per heavy atom. The number of fused-ring (bicyclic) bond motifs is 7. The molecule has 2 aliphatic heterocycles. The van der Waals surface area contributed by atoms with E-state index in [1.54, 1.807) is 0 Å². The van der Waals surface area contributed by atoms with Crippen LogP contribution in [0.3, 0.4) is 0 Å². The molecule has 0 saturated carbocycles. The number of benzene rings is 6. The number of nitrogens with zero attached hydrogens (tertiary/aromatic N) is 2. The fraction of sp³-hybridized carbons (Fsp3) is 0.308. The minimum Gasteiger partial charge on any atom is -0.376 e. The molecule has 0 N–H and O–H groups in total. The smallest absolute Gasteiger partial charge is 0.333 e. The number of hydrogen-bond donors (Lipinski definition) is 0. The molecule has 0 amide bonds. The number of anilines is 2. The number of hydrogen-bond acceptors (Lipinski definition) is 1. The Hall–Kier alpha value is -5.02. The molecule has 2 nitrogen and oxygen atoms in total. The van der Waals surface area contributed by atoms with Gasteiger partial charge in [-0.15, -0.1) is 0 Å². The summed E-state index contributed by atoms with van der Waals surface area (Å²) in [5, 5.41) is 2.68. The molecule has 0 saturated heterocycles. The van der Waals surface area contributed by atoms with Gasteiger partial charge in [0.1, 0.15) is 0 Å². The topological polar surface area (TPSA) is 8.17 Å². The molecule has 0 unspecified atom stereocenters. The van der Waals surface area contributed by atoms with Crippen LogP contribution in [0.4, 0.5) is 11.4 Å². The lowest BCUT2D eigenvalue weighted by Gasteiger charge is -2.43. The summed E-state index contributed by atoms with van der Waals surface area (Å²) in [5.74, 6) is 0.